The fraction of sp³-hybridized carbons (Fsp3) is 0.364. The average Bonchev–Trinajstić information content (AvgIpc) is 2.72. The molecule has 0 amide bonds. The van der Waals surface area contributed by atoms with Crippen LogP contribution in [0.5, 0.6) is 0 Å². The first-order valence-electron chi connectivity index (χ1n) is 8.92. The number of hydrogen-bond acceptors (Lipinski definition) is 4. The van der Waals surface area contributed by atoms with Crippen LogP contribution in [0.2, 0.25) is 0 Å². The molecule has 1 aliphatic rings. The molecular weight excluding hydrogens is 328 g/mol. The van der Waals surface area contributed by atoms with Crippen LogP contribution in [-0.4, -0.2) is 31.7 Å². The molecule has 0 N–H and O–H groups in total. The van der Waals surface area contributed by atoms with Gasteiger partial charge in [0.05, 0.1) is 19.3 Å². The number of methoxy groups -OCH3 is 1. The number of ether oxygens (including phenoxy) is 4. The second-order valence-corrected chi connectivity index (χ2v) is 6.33. The molecule has 0 unspecified atom stereocenters. The maximum Gasteiger partial charge on any atom is 0.160 e. The Morgan fingerprint density at radius 1 is 0.962 bits per heavy atom. The highest BCUT2D eigenvalue weighted by atomic mass is 16.7. The summed E-state index contributed by atoms with van der Waals surface area (Å²) in [6.45, 7) is 4.92. The molecule has 0 aromatic heterocycles. The minimum absolute atomic E-state index is 0.138. The Kier molecular flexibility index (Phi) is 6.97. The maximum atomic E-state index is 6.20. The van der Waals surface area contributed by atoms with Crippen LogP contribution in [0.1, 0.15) is 17.5 Å². The van der Waals surface area contributed by atoms with Gasteiger partial charge in [0.1, 0.15) is 12.2 Å². The fourth-order valence-corrected chi connectivity index (χ4v) is 3.09. The van der Waals surface area contributed by atoms with Crippen LogP contribution < -0.4 is 0 Å². The molecular formula is C22H26O4. The first-order valence-corrected chi connectivity index (χ1v) is 8.92. The molecule has 4 heteroatoms. The molecule has 0 radical (unpaired) electrons. The lowest BCUT2D eigenvalue weighted by Crippen LogP contribution is -2.50. The standard InChI is InChI=1S/C22H26O4/c1-3-19-22(25-16-18-12-8-5-9-13-18)20(14-21(23-2)26-19)24-15-17-10-6-4-7-11-17/h3-13,19-22H,1,14-16H2,2H3/t19-,20-,21+,22+/m1/s1. The van der Waals surface area contributed by atoms with Crippen molar-refractivity contribution in [2.24, 2.45) is 0 Å². The smallest absolute Gasteiger partial charge is 0.160 e. The third kappa shape index (κ3) is 5.02. The van der Waals surface area contributed by atoms with Crippen LogP contribution in [0.4, 0.5) is 0 Å². The quantitative estimate of drug-likeness (QED) is 0.669. The summed E-state index contributed by atoms with van der Waals surface area (Å²) < 4.78 is 23.7. The number of benzene rings is 2. The van der Waals surface area contributed by atoms with Gasteiger partial charge < -0.3 is 18.9 Å². The topological polar surface area (TPSA) is 36.9 Å². The maximum absolute atomic E-state index is 6.20. The van der Waals surface area contributed by atoms with E-state index in [-0.39, 0.29) is 24.6 Å². The summed E-state index contributed by atoms with van der Waals surface area (Å²) in [5, 5.41) is 0. The Hall–Kier alpha value is -1.98. The molecule has 0 spiro atoms. The van der Waals surface area contributed by atoms with Crippen molar-refractivity contribution in [3.8, 4) is 0 Å². The number of rotatable bonds is 8. The van der Waals surface area contributed by atoms with Gasteiger partial charge in [-0.1, -0.05) is 66.7 Å². The summed E-state index contributed by atoms with van der Waals surface area (Å²) in [5.41, 5.74) is 2.25. The summed E-state index contributed by atoms with van der Waals surface area (Å²) in [7, 11) is 1.64. The third-order valence-corrected chi connectivity index (χ3v) is 4.51. The zero-order valence-electron chi connectivity index (χ0n) is 15.1. The molecule has 2 aromatic carbocycles. The van der Waals surface area contributed by atoms with Crippen molar-refractivity contribution in [3.63, 3.8) is 0 Å². The summed E-state index contributed by atoms with van der Waals surface area (Å²) in [6.07, 6.45) is 1.41. The Morgan fingerprint density at radius 3 is 2.08 bits per heavy atom. The molecule has 138 valence electrons. The first-order chi connectivity index (χ1) is 12.8. The van der Waals surface area contributed by atoms with E-state index < -0.39 is 0 Å². The van der Waals surface area contributed by atoms with E-state index in [4.69, 9.17) is 18.9 Å². The minimum atomic E-state index is -0.324. The van der Waals surface area contributed by atoms with Gasteiger partial charge in [-0.05, 0) is 11.1 Å². The lowest BCUT2D eigenvalue weighted by Gasteiger charge is -2.39. The zero-order chi connectivity index (χ0) is 18.2. The SMILES string of the molecule is C=C[C@H]1O[C@H](OC)C[C@@H](OCc2ccccc2)[C@H]1OCc1ccccc1. The highest BCUT2D eigenvalue weighted by Gasteiger charge is 2.39. The van der Waals surface area contributed by atoms with E-state index in [0.717, 1.165) is 11.1 Å². The van der Waals surface area contributed by atoms with Crippen molar-refractivity contribution in [2.45, 2.75) is 44.2 Å². The average molecular weight is 354 g/mol. The molecule has 0 aliphatic carbocycles. The Labute approximate surface area is 155 Å². The van der Waals surface area contributed by atoms with Crippen LogP contribution in [0.25, 0.3) is 0 Å². The Balaban J connectivity index is 1.68. The lowest BCUT2D eigenvalue weighted by molar-refractivity contribution is -0.251. The molecule has 1 saturated heterocycles. The number of hydrogen-bond donors (Lipinski definition) is 0. The van der Waals surface area contributed by atoms with Gasteiger partial charge in [-0.25, -0.2) is 0 Å². The second kappa shape index (κ2) is 9.64. The van der Waals surface area contributed by atoms with Gasteiger partial charge in [0.2, 0.25) is 0 Å². The molecule has 1 fully saturated rings. The molecule has 4 nitrogen and oxygen atoms in total. The third-order valence-electron chi connectivity index (χ3n) is 4.51. The zero-order valence-corrected chi connectivity index (χ0v) is 15.1. The van der Waals surface area contributed by atoms with Gasteiger partial charge in [0, 0.05) is 13.5 Å². The van der Waals surface area contributed by atoms with Crippen molar-refractivity contribution < 1.29 is 18.9 Å². The predicted octanol–water partition coefficient (Wildman–Crippen LogP) is 4.10. The van der Waals surface area contributed by atoms with Crippen molar-refractivity contribution in [3.05, 3.63) is 84.4 Å². The summed E-state index contributed by atoms with van der Waals surface area (Å²) in [4.78, 5) is 0. The molecule has 1 heterocycles. The van der Waals surface area contributed by atoms with Gasteiger partial charge in [0.25, 0.3) is 0 Å². The van der Waals surface area contributed by atoms with Gasteiger partial charge in [0.15, 0.2) is 6.29 Å². The highest BCUT2D eigenvalue weighted by Crippen LogP contribution is 2.28. The lowest BCUT2D eigenvalue weighted by atomic mass is 10.0. The summed E-state index contributed by atoms with van der Waals surface area (Å²) in [6, 6.07) is 20.2. The molecule has 26 heavy (non-hydrogen) atoms. The minimum Gasteiger partial charge on any atom is -0.371 e. The van der Waals surface area contributed by atoms with Crippen LogP contribution >= 0.6 is 0 Å². The van der Waals surface area contributed by atoms with Crippen LogP contribution in [0.3, 0.4) is 0 Å². The van der Waals surface area contributed by atoms with Crippen molar-refractivity contribution in [1.82, 2.24) is 0 Å². The van der Waals surface area contributed by atoms with Crippen molar-refractivity contribution in [2.75, 3.05) is 7.11 Å². The second-order valence-electron chi connectivity index (χ2n) is 6.33. The van der Waals surface area contributed by atoms with E-state index in [1.165, 1.54) is 0 Å². The van der Waals surface area contributed by atoms with Crippen LogP contribution in [0, 0.1) is 0 Å². The Bertz CT molecular complexity index is 658. The van der Waals surface area contributed by atoms with Crippen LogP contribution in [0.15, 0.2) is 73.3 Å². The van der Waals surface area contributed by atoms with E-state index in [9.17, 15) is 0 Å². The van der Waals surface area contributed by atoms with E-state index in [2.05, 4.69) is 18.7 Å². The fourth-order valence-electron chi connectivity index (χ4n) is 3.09. The first kappa shape index (κ1) is 18.8. The van der Waals surface area contributed by atoms with Crippen molar-refractivity contribution >= 4 is 0 Å². The molecule has 4 atom stereocenters. The van der Waals surface area contributed by atoms with E-state index in [1.807, 2.05) is 48.5 Å². The van der Waals surface area contributed by atoms with Crippen molar-refractivity contribution in [1.29, 1.82) is 0 Å². The van der Waals surface area contributed by atoms with Gasteiger partial charge in [-0.15, -0.1) is 6.58 Å². The largest absolute Gasteiger partial charge is 0.371 e. The van der Waals surface area contributed by atoms with E-state index >= 15 is 0 Å². The molecule has 0 bridgehead atoms. The van der Waals surface area contributed by atoms with Gasteiger partial charge >= 0.3 is 0 Å². The Morgan fingerprint density at radius 2 is 1.54 bits per heavy atom. The summed E-state index contributed by atoms with van der Waals surface area (Å²) >= 11 is 0. The normalized spacial score (nSPS) is 25.7. The van der Waals surface area contributed by atoms with Crippen LogP contribution in [-0.2, 0) is 32.2 Å². The van der Waals surface area contributed by atoms with E-state index in [0.29, 0.717) is 19.6 Å². The highest BCUT2D eigenvalue weighted by molar-refractivity contribution is 5.14. The molecule has 2 aromatic rings. The molecule has 3 rings (SSSR count). The van der Waals surface area contributed by atoms with Gasteiger partial charge in [-0.3, -0.25) is 0 Å². The predicted molar refractivity (Wildman–Crippen MR) is 101 cm³/mol. The molecule has 1 aliphatic heterocycles. The van der Waals surface area contributed by atoms with E-state index in [1.54, 1.807) is 13.2 Å². The summed E-state index contributed by atoms with van der Waals surface area (Å²) in [5.74, 6) is 0. The molecule has 0 saturated carbocycles. The monoisotopic (exact) mass is 354 g/mol. The van der Waals surface area contributed by atoms with Gasteiger partial charge in [-0.2, -0.15) is 0 Å².